The second-order valence-corrected chi connectivity index (χ2v) is 6.18. The summed E-state index contributed by atoms with van der Waals surface area (Å²) in [6.07, 6.45) is 13.0. The van der Waals surface area contributed by atoms with Gasteiger partial charge in [-0.25, -0.2) is 0 Å². The third kappa shape index (κ3) is 3.30. The molecule has 3 nitrogen and oxygen atoms in total. The zero-order chi connectivity index (χ0) is 14.7. The first-order valence-electron chi connectivity index (χ1n) is 7.78. The molecule has 0 bridgehead atoms. The highest BCUT2D eigenvalue weighted by Crippen LogP contribution is 2.31. The van der Waals surface area contributed by atoms with Gasteiger partial charge in [0.2, 0.25) is 0 Å². The van der Waals surface area contributed by atoms with Gasteiger partial charge in [-0.1, -0.05) is 18.5 Å². The lowest BCUT2D eigenvalue weighted by Crippen LogP contribution is -2.24. The van der Waals surface area contributed by atoms with Crippen LogP contribution in [0, 0.1) is 0 Å². The Morgan fingerprint density at radius 2 is 2.33 bits per heavy atom. The molecule has 1 atom stereocenters. The summed E-state index contributed by atoms with van der Waals surface area (Å²) < 4.78 is 2.26. The lowest BCUT2D eigenvalue weighted by molar-refractivity contribution is 0.462. The van der Waals surface area contributed by atoms with Crippen LogP contribution >= 0.6 is 11.6 Å². The van der Waals surface area contributed by atoms with E-state index in [0.29, 0.717) is 6.04 Å². The van der Waals surface area contributed by atoms with Crippen molar-refractivity contribution in [3.05, 3.63) is 52.6 Å². The van der Waals surface area contributed by atoms with Crippen molar-refractivity contribution in [3.63, 3.8) is 0 Å². The molecule has 1 aliphatic carbocycles. The van der Waals surface area contributed by atoms with Gasteiger partial charge in [-0.3, -0.25) is 4.98 Å². The molecule has 0 saturated carbocycles. The molecule has 0 aliphatic heterocycles. The van der Waals surface area contributed by atoms with Crippen LogP contribution in [0.2, 0.25) is 5.02 Å². The number of halogens is 1. The zero-order valence-electron chi connectivity index (χ0n) is 12.5. The van der Waals surface area contributed by atoms with Gasteiger partial charge in [-0.05, 0) is 55.0 Å². The minimum atomic E-state index is 0.517. The fraction of sp³-hybridized carbons (Fsp3) is 0.471. The Hall–Kier alpha value is -1.32. The first kappa shape index (κ1) is 14.6. The molecule has 0 fully saturated rings. The van der Waals surface area contributed by atoms with Crippen molar-refractivity contribution >= 4 is 11.6 Å². The lowest BCUT2D eigenvalue weighted by Gasteiger charge is -2.23. The third-order valence-corrected chi connectivity index (χ3v) is 4.50. The molecule has 2 aromatic heterocycles. The minimum absolute atomic E-state index is 0.517. The van der Waals surface area contributed by atoms with E-state index >= 15 is 0 Å². The maximum atomic E-state index is 6.21. The summed E-state index contributed by atoms with van der Waals surface area (Å²) in [6, 6.07) is 2.51. The van der Waals surface area contributed by atoms with Crippen LogP contribution in [0.15, 0.2) is 30.9 Å². The number of aryl methyl sites for hydroxylation is 1. The fourth-order valence-corrected chi connectivity index (χ4v) is 3.28. The average Bonchev–Trinajstić information content (AvgIpc) is 2.90. The van der Waals surface area contributed by atoms with Gasteiger partial charge in [0.1, 0.15) is 0 Å². The van der Waals surface area contributed by atoms with Crippen molar-refractivity contribution < 1.29 is 0 Å². The van der Waals surface area contributed by atoms with Crippen LogP contribution in [0.5, 0.6) is 0 Å². The molecular weight excluding hydrogens is 282 g/mol. The fourth-order valence-electron chi connectivity index (χ4n) is 3.10. The molecule has 1 unspecified atom stereocenters. The molecule has 0 spiro atoms. The maximum absolute atomic E-state index is 6.21. The van der Waals surface area contributed by atoms with Crippen LogP contribution in [0.25, 0.3) is 0 Å². The van der Waals surface area contributed by atoms with Crippen LogP contribution in [-0.2, 0) is 13.0 Å². The molecule has 0 radical (unpaired) electrons. The summed E-state index contributed by atoms with van der Waals surface area (Å²) in [5, 5.41) is 4.41. The largest absolute Gasteiger partial charge is 0.349 e. The van der Waals surface area contributed by atoms with E-state index in [1.165, 1.54) is 36.8 Å². The summed E-state index contributed by atoms with van der Waals surface area (Å²) in [7, 11) is 0. The standard InChI is InChI=1S/C17H22ClN3/c1-2-7-20-17-5-3-4-13-10-21(12-15(13)17)11-14-6-8-19-9-16(14)18/h6,8-10,12,17,20H,2-5,7,11H2,1H3. The van der Waals surface area contributed by atoms with Crippen molar-refractivity contribution in [2.75, 3.05) is 6.54 Å². The van der Waals surface area contributed by atoms with Crippen molar-refractivity contribution in [1.82, 2.24) is 14.9 Å². The van der Waals surface area contributed by atoms with Crippen molar-refractivity contribution in [3.8, 4) is 0 Å². The highest BCUT2D eigenvalue weighted by molar-refractivity contribution is 6.31. The SMILES string of the molecule is CCCNC1CCCc2cn(Cc3ccncc3Cl)cc21. The van der Waals surface area contributed by atoms with Crippen LogP contribution in [-0.4, -0.2) is 16.1 Å². The van der Waals surface area contributed by atoms with E-state index in [4.69, 9.17) is 11.6 Å². The monoisotopic (exact) mass is 303 g/mol. The molecule has 1 aliphatic rings. The van der Waals surface area contributed by atoms with Gasteiger partial charge < -0.3 is 9.88 Å². The number of hydrogen-bond donors (Lipinski definition) is 1. The molecule has 2 heterocycles. The highest BCUT2D eigenvalue weighted by atomic mass is 35.5. The summed E-state index contributed by atoms with van der Waals surface area (Å²) in [5.41, 5.74) is 4.08. The zero-order valence-corrected chi connectivity index (χ0v) is 13.2. The number of rotatable bonds is 5. The van der Waals surface area contributed by atoms with Gasteiger partial charge >= 0.3 is 0 Å². The topological polar surface area (TPSA) is 29.9 Å². The summed E-state index contributed by atoms with van der Waals surface area (Å²) in [5.74, 6) is 0. The molecule has 1 N–H and O–H groups in total. The van der Waals surface area contributed by atoms with E-state index < -0.39 is 0 Å². The van der Waals surface area contributed by atoms with E-state index in [1.54, 1.807) is 12.4 Å². The molecule has 0 saturated heterocycles. The van der Waals surface area contributed by atoms with Crippen LogP contribution in [0.3, 0.4) is 0 Å². The number of hydrogen-bond acceptors (Lipinski definition) is 2. The second kappa shape index (κ2) is 6.63. The van der Waals surface area contributed by atoms with Crippen molar-refractivity contribution in [2.24, 2.45) is 0 Å². The Kier molecular flexibility index (Phi) is 4.61. The number of pyridine rings is 1. The Balaban J connectivity index is 1.80. The normalized spacial score (nSPS) is 17.7. The van der Waals surface area contributed by atoms with Crippen molar-refractivity contribution in [1.29, 1.82) is 0 Å². The Morgan fingerprint density at radius 3 is 3.14 bits per heavy atom. The molecule has 112 valence electrons. The smallest absolute Gasteiger partial charge is 0.0639 e. The molecule has 2 aromatic rings. The Labute approximate surface area is 131 Å². The molecule has 21 heavy (non-hydrogen) atoms. The average molecular weight is 304 g/mol. The van der Waals surface area contributed by atoms with E-state index in [-0.39, 0.29) is 0 Å². The minimum Gasteiger partial charge on any atom is -0.349 e. The molecular formula is C17H22ClN3. The number of nitrogens with zero attached hydrogens (tertiary/aromatic N) is 2. The number of nitrogens with one attached hydrogen (secondary N) is 1. The Bertz CT molecular complexity index is 606. The molecule has 0 amide bonds. The summed E-state index contributed by atoms with van der Waals surface area (Å²) >= 11 is 6.21. The summed E-state index contributed by atoms with van der Waals surface area (Å²) in [4.78, 5) is 4.05. The lowest BCUT2D eigenvalue weighted by atomic mass is 9.91. The second-order valence-electron chi connectivity index (χ2n) is 5.78. The maximum Gasteiger partial charge on any atom is 0.0639 e. The first-order valence-corrected chi connectivity index (χ1v) is 8.16. The van der Waals surface area contributed by atoms with Gasteiger partial charge in [0.05, 0.1) is 5.02 Å². The van der Waals surface area contributed by atoms with Crippen LogP contribution in [0.1, 0.15) is 48.9 Å². The number of fused-ring (bicyclic) bond motifs is 1. The van der Waals surface area contributed by atoms with E-state index in [1.807, 2.05) is 6.07 Å². The van der Waals surface area contributed by atoms with E-state index in [9.17, 15) is 0 Å². The van der Waals surface area contributed by atoms with Gasteiger partial charge in [-0.2, -0.15) is 0 Å². The predicted molar refractivity (Wildman–Crippen MR) is 86.8 cm³/mol. The molecule has 4 heteroatoms. The Morgan fingerprint density at radius 1 is 1.43 bits per heavy atom. The van der Waals surface area contributed by atoms with Gasteiger partial charge in [0, 0.05) is 37.4 Å². The van der Waals surface area contributed by atoms with Crippen LogP contribution in [0.4, 0.5) is 0 Å². The molecule has 3 rings (SSSR count). The first-order chi connectivity index (χ1) is 10.3. The van der Waals surface area contributed by atoms with Crippen LogP contribution < -0.4 is 5.32 Å². The summed E-state index contributed by atoms with van der Waals surface area (Å²) in [6.45, 7) is 4.12. The van der Waals surface area contributed by atoms with Gasteiger partial charge in [-0.15, -0.1) is 0 Å². The predicted octanol–water partition coefficient (Wildman–Crippen LogP) is 3.96. The van der Waals surface area contributed by atoms with Gasteiger partial charge in [0.25, 0.3) is 0 Å². The van der Waals surface area contributed by atoms with Crippen molar-refractivity contribution in [2.45, 2.75) is 45.2 Å². The molecule has 0 aromatic carbocycles. The van der Waals surface area contributed by atoms with Gasteiger partial charge in [0.15, 0.2) is 0 Å². The van der Waals surface area contributed by atoms with E-state index in [0.717, 1.165) is 23.7 Å². The third-order valence-electron chi connectivity index (χ3n) is 4.16. The quantitative estimate of drug-likeness (QED) is 0.906. The highest BCUT2D eigenvalue weighted by Gasteiger charge is 2.21. The number of aromatic nitrogens is 2. The van der Waals surface area contributed by atoms with E-state index in [2.05, 4.69) is 34.2 Å².